The summed E-state index contributed by atoms with van der Waals surface area (Å²) >= 11 is 0. The predicted molar refractivity (Wildman–Crippen MR) is 217 cm³/mol. The van der Waals surface area contributed by atoms with Gasteiger partial charge in [-0.15, -0.1) is 0 Å². The molecule has 1 fully saturated rings. The van der Waals surface area contributed by atoms with Crippen LogP contribution in [0, 0.1) is 0 Å². The summed E-state index contributed by atoms with van der Waals surface area (Å²) < 4.78 is 34.1. The summed E-state index contributed by atoms with van der Waals surface area (Å²) in [5, 5.41) is 50.1. The van der Waals surface area contributed by atoms with Crippen molar-refractivity contribution in [1.29, 1.82) is 0 Å². The molecule has 0 saturated heterocycles. The number of aliphatic hydroxyl groups excluding tert-OH is 5. The van der Waals surface area contributed by atoms with E-state index in [2.05, 4.69) is 26.0 Å². The van der Waals surface area contributed by atoms with Crippen LogP contribution in [0.15, 0.2) is 12.2 Å². The quantitative estimate of drug-likeness (QED) is 0.0152. The summed E-state index contributed by atoms with van der Waals surface area (Å²) in [5.74, 6) is -0.484. The van der Waals surface area contributed by atoms with Gasteiger partial charge in [-0.05, 0) is 38.5 Å². The maximum Gasteiger partial charge on any atom is 0.472 e. The number of allylic oxidation sites excluding steroid dienone is 2. The largest absolute Gasteiger partial charge is 0.472 e. The van der Waals surface area contributed by atoms with Crippen LogP contribution >= 0.6 is 7.82 Å². The maximum atomic E-state index is 12.8. The van der Waals surface area contributed by atoms with E-state index in [0.717, 1.165) is 57.8 Å². The van der Waals surface area contributed by atoms with E-state index in [1.807, 2.05) is 0 Å². The summed E-state index contributed by atoms with van der Waals surface area (Å²) in [6, 6.07) is 0. The minimum Gasteiger partial charge on any atom is -0.457 e. The van der Waals surface area contributed by atoms with Gasteiger partial charge in [-0.1, -0.05) is 154 Å². The first-order valence-electron chi connectivity index (χ1n) is 22.0. The molecular formula is C42H81O12P. The van der Waals surface area contributed by atoms with E-state index < -0.39 is 63.1 Å². The van der Waals surface area contributed by atoms with Crippen LogP contribution in [-0.2, 0) is 27.9 Å². The van der Waals surface area contributed by atoms with Crippen molar-refractivity contribution in [2.24, 2.45) is 0 Å². The van der Waals surface area contributed by atoms with Gasteiger partial charge in [-0.25, -0.2) is 4.57 Å². The van der Waals surface area contributed by atoms with Crippen molar-refractivity contribution in [3.8, 4) is 0 Å². The number of hydrogen-bond acceptors (Lipinski definition) is 11. The SMILES string of the molecule is CCCCCC/C=C\CCCCCCCC(=O)OC(COCCCCCCCCCCCCCCCCC)COP(=O)(O)OC1C(O)C(O)C(O)C(O)C1O. The van der Waals surface area contributed by atoms with Gasteiger partial charge in [0, 0.05) is 13.0 Å². The third kappa shape index (κ3) is 26.7. The Kier molecular flexibility index (Phi) is 32.2. The Morgan fingerprint density at radius 2 is 0.964 bits per heavy atom. The second kappa shape index (κ2) is 34.0. The molecule has 0 aromatic heterocycles. The first-order chi connectivity index (χ1) is 26.5. The molecule has 55 heavy (non-hydrogen) atoms. The molecule has 0 aromatic rings. The molecule has 1 rings (SSSR count). The Morgan fingerprint density at radius 1 is 0.564 bits per heavy atom. The average molecular weight is 809 g/mol. The van der Waals surface area contributed by atoms with Crippen molar-refractivity contribution in [1.82, 2.24) is 0 Å². The van der Waals surface area contributed by atoms with Gasteiger partial charge in [0.2, 0.25) is 0 Å². The molecule has 0 aromatic carbocycles. The lowest BCUT2D eigenvalue weighted by Crippen LogP contribution is -2.64. The molecule has 6 atom stereocenters. The Bertz CT molecular complexity index is 968. The zero-order chi connectivity index (χ0) is 40.6. The first kappa shape index (κ1) is 52.1. The second-order valence-electron chi connectivity index (χ2n) is 15.6. The van der Waals surface area contributed by atoms with Crippen LogP contribution in [-0.4, -0.2) is 98.9 Å². The molecule has 1 aliphatic rings. The van der Waals surface area contributed by atoms with Gasteiger partial charge < -0.3 is 39.9 Å². The summed E-state index contributed by atoms with van der Waals surface area (Å²) in [6.45, 7) is 4.24. The number of rotatable bonds is 37. The van der Waals surface area contributed by atoms with Crippen molar-refractivity contribution in [2.75, 3.05) is 19.8 Å². The zero-order valence-electron chi connectivity index (χ0n) is 34.5. The lowest BCUT2D eigenvalue weighted by atomic mass is 9.85. The fourth-order valence-electron chi connectivity index (χ4n) is 6.82. The highest BCUT2D eigenvalue weighted by molar-refractivity contribution is 7.47. The second-order valence-corrected chi connectivity index (χ2v) is 17.0. The Hall–Kier alpha value is -0.920. The summed E-state index contributed by atoms with van der Waals surface area (Å²) in [7, 11) is -5.01. The molecule has 0 aliphatic heterocycles. The summed E-state index contributed by atoms with van der Waals surface area (Å²) in [4.78, 5) is 23.1. The lowest BCUT2D eigenvalue weighted by Gasteiger charge is -2.41. The van der Waals surface area contributed by atoms with Crippen molar-refractivity contribution < 1.29 is 58.3 Å². The summed E-state index contributed by atoms with van der Waals surface area (Å²) in [6.07, 6.45) is 22.8. The third-order valence-electron chi connectivity index (χ3n) is 10.4. The molecule has 0 radical (unpaired) electrons. The van der Waals surface area contributed by atoms with Gasteiger partial charge in [-0.3, -0.25) is 13.8 Å². The number of hydrogen-bond donors (Lipinski definition) is 6. The van der Waals surface area contributed by atoms with E-state index in [-0.39, 0.29) is 13.0 Å². The van der Waals surface area contributed by atoms with Crippen LogP contribution in [0.2, 0.25) is 0 Å². The number of ether oxygens (including phenoxy) is 2. The van der Waals surface area contributed by atoms with Crippen molar-refractivity contribution >= 4 is 13.8 Å². The highest BCUT2D eigenvalue weighted by Crippen LogP contribution is 2.47. The van der Waals surface area contributed by atoms with Gasteiger partial charge >= 0.3 is 13.8 Å². The molecule has 0 spiro atoms. The molecule has 6 N–H and O–H groups in total. The van der Waals surface area contributed by atoms with E-state index in [4.69, 9.17) is 18.5 Å². The van der Waals surface area contributed by atoms with E-state index in [1.165, 1.54) is 103 Å². The van der Waals surface area contributed by atoms with Gasteiger partial charge in [0.25, 0.3) is 0 Å². The molecular weight excluding hydrogens is 727 g/mol. The lowest BCUT2D eigenvalue weighted by molar-refractivity contribution is -0.220. The molecule has 1 aliphatic carbocycles. The van der Waals surface area contributed by atoms with Gasteiger partial charge in [0.05, 0.1) is 13.2 Å². The van der Waals surface area contributed by atoms with Crippen LogP contribution < -0.4 is 0 Å². The standard InChI is InChI=1S/C42H81O12P/c1-3-5-7-9-11-13-15-17-18-20-22-24-26-28-30-32-51-33-35(34-52-55(49,50)54-42-40(47)38(45)37(44)39(46)41(42)48)53-36(43)31-29-27-25-23-21-19-16-14-12-10-8-6-4-2/h14,16,35,37-42,44-48H,3-13,15,17-34H2,1-2H3,(H,49,50)/b16-14-. The number of phosphoric ester groups is 1. The van der Waals surface area contributed by atoms with Gasteiger partial charge in [0.15, 0.2) is 0 Å². The fourth-order valence-corrected chi connectivity index (χ4v) is 7.79. The number of unbranched alkanes of at least 4 members (excludes halogenated alkanes) is 23. The van der Waals surface area contributed by atoms with Gasteiger partial charge in [-0.2, -0.15) is 0 Å². The van der Waals surface area contributed by atoms with Crippen molar-refractivity contribution in [3.05, 3.63) is 12.2 Å². The maximum absolute atomic E-state index is 12.8. The van der Waals surface area contributed by atoms with Crippen LogP contribution in [0.25, 0.3) is 0 Å². The van der Waals surface area contributed by atoms with Crippen LogP contribution in [0.3, 0.4) is 0 Å². The zero-order valence-corrected chi connectivity index (χ0v) is 35.4. The van der Waals surface area contributed by atoms with Gasteiger partial charge in [0.1, 0.15) is 42.7 Å². The van der Waals surface area contributed by atoms with E-state index in [0.29, 0.717) is 13.0 Å². The van der Waals surface area contributed by atoms with Crippen LogP contribution in [0.5, 0.6) is 0 Å². The minimum atomic E-state index is -5.01. The summed E-state index contributed by atoms with van der Waals surface area (Å²) in [5.41, 5.74) is 0. The molecule has 12 nitrogen and oxygen atoms in total. The van der Waals surface area contributed by atoms with Crippen LogP contribution in [0.4, 0.5) is 0 Å². The number of esters is 1. The number of carbonyl (C=O) groups excluding carboxylic acids is 1. The Morgan fingerprint density at radius 3 is 1.45 bits per heavy atom. The highest BCUT2D eigenvalue weighted by Gasteiger charge is 2.51. The van der Waals surface area contributed by atoms with Crippen molar-refractivity contribution in [2.45, 2.75) is 230 Å². The molecule has 0 amide bonds. The molecule has 6 unspecified atom stereocenters. The van der Waals surface area contributed by atoms with E-state index in [9.17, 15) is 39.8 Å². The molecule has 0 bridgehead atoms. The smallest absolute Gasteiger partial charge is 0.457 e. The van der Waals surface area contributed by atoms with Crippen molar-refractivity contribution in [3.63, 3.8) is 0 Å². The molecule has 13 heteroatoms. The molecule has 0 heterocycles. The topological polar surface area (TPSA) is 192 Å². The van der Waals surface area contributed by atoms with E-state index in [1.54, 1.807) is 0 Å². The normalized spacial score (nSPS) is 23.3. The number of carbonyl (C=O) groups is 1. The number of phosphoric acid groups is 1. The Labute approximate surface area is 333 Å². The fraction of sp³-hybridized carbons (Fsp3) is 0.929. The predicted octanol–water partition coefficient (Wildman–Crippen LogP) is 8.36. The average Bonchev–Trinajstić information content (AvgIpc) is 3.17. The monoisotopic (exact) mass is 809 g/mol. The molecule has 326 valence electrons. The Balaban J connectivity index is 2.42. The molecule has 1 saturated carbocycles. The van der Waals surface area contributed by atoms with E-state index >= 15 is 0 Å². The first-order valence-corrected chi connectivity index (χ1v) is 23.5. The minimum absolute atomic E-state index is 0.0746. The highest BCUT2D eigenvalue weighted by atomic mass is 31.2. The number of aliphatic hydroxyl groups is 5. The van der Waals surface area contributed by atoms with Crippen LogP contribution in [0.1, 0.15) is 187 Å². The third-order valence-corrected chi connectivity index (χ3v) is 11.4.